The van der Waals surface area contributed by atoms with E-state index in [4.69, 9.17) is 16.3 Å². The maximum atomic E-state index is 13.3. The molecule has 170 valence electrons. The van der Waals surface area contributed by atoms with E-state index in [-0.39, 0.29) is 18.1 Å². The first-order valence-electron chi connectivity index (χ1n) is 10.6. The zero-order chi connectivity index (χ0) is 23.8. The summed E-state index contributed by atoms with van der Waals surface area (Å²) in [6.45, 7) is 3.55. The SMILES string of the molecule is Cc1ccc(Oc2nc3ccccc3n3c(=O)n(CC(=O)Nc4cc(Cl)ccc4C)nc23)cc1. The van der Waals surface area contributed by atoms with Gasteiger partial charge in [-0.1, -0.05) is 47.5 Å². The third-order valence-corrected chi connectivity index (χ3v) is 5.61. The van der Waals surface area contributed by atoms with Crippen LogP contribution in [0.4, 0.5) is 5.69 Å². The van der Waals surface area contributed by atoms with E-state index in [1.807, 2.05) is 56.3 Å². The Balaban J connectivity index is 1.55. The van der Waals surface area contributed by atoms with Gasteiger partial charge in [-0.15, -0.1) is 5.10 Å². The Morgan fingerprint density at radius 2 is 1.82 bits per heavy atom. The Labute approximate surface area is 199 Å². The third-order valence-electron chi connectivity index (χ3n) is 5.38. The molecule has 1 amide bonds. The molecular formula is C25H20ClN5O3. The molecule has 0 saturated carbocycles. The van der Waals surface area contributed by atoms with E-state index in [1.165, 1.54) is 4.40 Å². The number of amides is 1. The summed E-state index contributed by atoms with van der Waals surface area (Å²) < 4.78 is 8.50. The molecule has 0 bridgehead atoms. The fraction of sp³-hybridized carbons (Fsp3) is 0.120. The number of nitrogens with one attached hydrogen (secondary N) is 1. The molecule has 0 unspecified atom stereocenters. The normalized spacial score (nSPS) is 11.1. The summed E-state index contributed by atoms with van der Waals surface area (Å²) in [6.07, 6.45) is 0. The molecule has 0 atom stereocenters. The standard InChI is InChI=1S/C25H20ClN5O3/c1-15-7-11-18(12-8-15)34-24-23-29-30(14-22(32)27-20-13-17(26)10-9-16(20)2)25(33)31(23)21-6-4-3-5-19(21)28-24/h3-13H,14H2,1-2H3,(H,27,32). The molecule has 0 radical (unpaired) electrons. The second-order valence-corrected chi connectivity index (χ2v) is 8.36. The van der Waals surface area contributed by atoms with Gasteiger partial charge in [0.25, 0.3) is 5.88 Å². The van der Waals surface area contributed by atoms with Crippen LogP contribution in [0, 0.1) is 13.8 Å². The topological polar surface area (TPSA) is 90.5 Å². The summed E-state index contributed by atoms with van der Waals surface area (Å²) in [6, 6.07) is 19.9. The van der Waals surface area contributed by atoms with Crippen LogP contribution in [0.3, 0.4) is 0 Å². The highest BCUT2D eigenvalue weighted by molar-refractivity contribution is 6.31. The number of halogens is 1. The second kappa shape index (κ2) is 8.64. The number of anilines is 1. The van der Waals surface area contributed by atoms with E-state index in [2.05, 4.69) is 15.4 Å². The number of hydrogen-bond donors (Lipinski definition) is 1. The predicted molar refractivity (Wildman–Crippen MR) is 131 cm³/mol. The zero-order valence-corrected chi connectivity index (χ0v) is 19.2. The van der Waals surface area contributed by atoms with E-state index in [9.17, 15) is 9.59 Å². The molecule has 5 aromatic rings. The van der Waals surface area contributed by atoms with E-state index < -0.39 is 11.6 Å². The molecule has 8 nitrogen and oxygen atoms in total. The Hall–Kier alpha value is -4.17. The summed E-state index contributed by atoms with van der Waals surface area (Å²) in [5.41, 5.74) is 3.39. The summed E-state index contributed by atoms with van der Waals surface area (Å²) >= 11 is 6.04. The van der Waals surface area contributed by atoms with Crippen LogP contribution < -0.4 is 15.7 Å². The number of fused-ring (bicyclic) bond motifs is 3. The van der Waals surface area contributed by atoms with Gasteiger partial charge in [-0.05, 0) is 55.8 Å². The van der Waals surface area contributed by atoms with Crippen LogP contribution in [0.25, 0.3) is 16.7 Å². The monoisotopic (exact) mass is 473 g/mol. The number of aromatic nitrogens is 4. The minimum absolute atomic E-state index is 0.171. The van der Waals surface area contributed by atoms with Crippen LogP contribution in [0.5, 0.6) is 11.6 Å². The largest absolute Gasteiger partial charge is 0.436 e. The number of ether oxygens (including phenoxy) is 1. The molecule has 34 heavy (non-hydrogen) atoms. The van der Waals surface area contributed by atoms with Crippen LogP contribution in [0.15, 0.2) is 71.5 Å². The third kappa shape index (κ3) is 4.11. The van der Waals surface area contributed by atoms with Gasteiger partial charge in [-0.2, -0.15) is 0 Å². The van der Waals surface area contributed by atoms with Crippen LogP contribution in [-0.2, 0) is 11.3 Å². The first-order valence-corrected chi connectivity index (χ1v) is 11.0. The van der Waals surface area contributed by atoms with E-state index in [0.717, 1.165) is 15.8 Å². The van der Waals surface area contributed by atoms with Crippen LogP contribution >= 0.6 is 11.6 Å². The molecular weight excluding hydrogens is 454 g/mol. The van der Waals surface area contributed by atoms with E-state index >= 15 is 0 Å². The number of aryl methyl sites for hydroxylation is 2. The fourth-order valence-corrected chi connectivity index (χ4v) is 3.79. The number of nitrogens with zero attached hydrogens (tertiary/aromatic N) is 4. The summed E-state index contributed by atoms with van der Waals surface area (Å²) in [5, 5.41) is 7.68. The van der Waals surface area contributed by atoms with Crippen LogP contribution in [-0.4, -0.2) is 25.1 Å². The molecule has 0 aliphatic carbocycles. The van der Waals surface area contributed by atoms with Gasteiger partial charge in [0.1, 0.15) is 12.3 Å². The summed E-state index contributed by atoms with van der Waals surface area (Å²) in [5.74, 6) is 0.324. The van der Waals surface area contributed by atoms with Crippen molar-refractivity contribution in [3.8, 4) is 11.6 Å². The lowest BCUT2D eigenvalue weighted by Crippen LogP contribution is -2.28. The number of carbonyl (C=O) groups is 1. The fourth-order valence-electron chi connectivity index (χ4n) is 3.61. The van der Waals surface area contributed by atoms with Gasteiger partial charge in [0.15, 0.2) is 0 Å². The molecule has 0 aliphatic heterocycles. The van der Waals surface area contributed by atoms with Gasteiger partial charge in [0.2, 0.25) is 11.6 Å². The number of carbonyl (C=O) groups excluding carboxylic acids is 1. The first kappa shape index (κ1) is 21.7. The lowest BCUT2D eigenvalue weighted by molar-refractivity contribution is -0.117. The quantitative estimate of drug-likeness (QED) is 0.398. The van der Waals surface area contributed by atoms with Crippen molar-refractivity contribution in [3.63, 3.8) is 0 Å². The van der Waals surface area contributed by atoms with Crippen molar-refractivity contribution in [1.29, 1.82) is 0 Å². The second-order valence-electron chi connectivity index (χ2n) is 7.93. The van der Waals surface area contributed by atoms with Gasteiger partial charge >= 0.3 is 5.69 Å². The van der Waals surface area contributed by atoms with Gasteiger partial charge in [0, 0.05) is 10.7 Å². The van der Waals surface area contributed by atoms with Gasteiger partial charge in [-0.3, -0.25) is 4.79 Å². The van der Waals surface area contributed by atoms with Crippen molar-refractivity contribution in [2.75, 3.05) is 5.32 Å². The van der Waals surface area contributed by atoms with Crippen molar-refractivity contribution in [3.05, 3.63) is 93.4 Å². The molecule has 0 aliphatic rings. The molecule has 2 aromatic heterocycles. The number of benzene rings is 3. The molecule has 0 spiro atoms. The molecule has 1 N–H and O–H groups in total. The lowest BCUT2D eigenvalue weighted by Gasteiger charge is -2.08. The smallest absolute Gasteiger partial charge is 0.351 e. The van der Waals surface area contributed by atoms with Crippen molar-refractivity contribution in [2.45, 2.75) is 20.4 Å². The Bertz CT molecular complexity index is 1610. The zero-order valence-electron chi connectivity index (χ0n) is 18.4. The van der Waals surface area contributed by atoms with E-state index in [1.54, 1.807) is 24.3 Å². The summed E-state index contributed by atoms with van der Waals surface area (Å²) in [7, 11) is 0. The maximum absolute atomic E-state index is 13.3. The maximum Gasteiger partial charge on any atom is 0.351 e. The summed E-state index contributed by atoms with van der Waals surface area (Å²) in [4.78, 5) is 30.6. The van der Waals surface area contributed by atoms with Gasteiger partial charge in [0.05, 0.1) is 11.0 Å². The average molecular weight is 474 g/mol. The molecule has 9 heteroatoms. The Morgan fingerprint density at radius 1 is 1.06 bits per heavy atom. The Morgan fingerprint density at radius 3 is 2.62 bits per heavy atom. The Kier molecular flexibility index (Phi) is 5.51. The molecule has 5 rings (SSSR count). The van der Waals surface area contributed by atoms with Crippen LogP contribution in [0.2, 0.25) is 5.02 Å². The van der Waals surface area contributed by atoms with Crippen molar-refractivity contribution < 1.29 is 9.53 Å². The number of hydrogen-bond acceptors (Lipinski definition) is 5. The first-order chi connectivity index (χ1) is 16.4. The number of para-hydroxylation sites is 2. The molecule has 2 heterocycles. The van der Waals surface area contributed by atoms with Crippen molar-refractivity contribution >= 4 is 39.9 Å². The minimum atomic E-state index is -0.472. The van der Waals surface area contributed by atoms with Crippen LogP contribution in [0.1, 0.15) is 11.1 Å². The average Bonchev–Trinajstić information content (AvgIpc) is 3.14. The lowest BCUT2D eigenvalue weighted by atomic mass is 10.2. The van der Waals surface area contributed by atoms with E-state index in [0.29, 0.717) is 27.5 Å². The van der Waals surface area contributed by atoms with Crippen molar-refractivity contribution in [1.82, 2.24) is 19.2 Å². The predicted octanol–water partition coefficient (Wildman–Crippen LogP) is 4.75. The minimum Gasteiger partial charge on any atom is -0.436 e. The molecule has 0 saturated heterocycles. The molecule has 0 fully saturated rings. The number of rotatable bonds is 5. The molecule has 3 aromatic carbocycles. The highest BCUT2D eigenvalue weighted by Crippen LogP contribution is 2.26. The highest BCUT2D eigenvalue weighted by Gasteiger charge is 2.19. The van der Waals surface area contributed by atoms with Gasteiger partial charge < -0.3 is 10.1 Å². The van der Waals surface area contributed by atoms with Crippen molar-refractivity contribution in [2.24, 2.45) is 0 Å². The highest BCUT2D eigenvalue weighted by atomic mass is 35.5. The van der Waals surface area contributed by atoms with Gasteiger partial charge in [-0.25, -0.2) is 18.9 Å².